The average Bonchev–Trinajstić information content (AvgIpc) is 3.01. The molecular formula is C20H30N2O3S. The van der Waals surface area contributed by atoms with Crippen molar-refractivity contribution < 1.29 is 13.2 Å². The zero-order chi connectivity index (χ0) is 18.6. The van der Waals surface area contributed by atoms with Crippen LogP contribution < -0.4 is 0 Å². The van der Waals surface area contributed by atoms with E-state index in [0.717, 1.165) is 32.4 Å². The predicted molar refractivity (Wildman–Crippen MR) is 104 cm³/mol. The fourth-order valence-electron chi connectivity index (χ4n) is 4.05. The second-order valence-electron chi connectivity index (χ2n) is 7.82. The van der Waals surface area contributed by atoms with Gasteiger partial charge in [0, 0.05) is 19.1 Å². The van der Waals surface area contributed by atoms with Gasteiger partial charge in [0.15, 0.2) is 9.84 Å². The standard InChI is InChI=1S/C20H30N2O3S/c1-21(19-11-14-26(24,25)16-19)15-20(23)22-12-9-18(10-13-22)8-7-17-5-3-2-4-6-17/h2-6,18-19H,7-16H2,1H3/t19-/m0/s1. The van der Waals surface area contributed by atoms with Crippen LogP contribution in [0, 0.1) is 5.92 Å². The van der Waals surface area contributed by atoms with Crippen molar-refractivity contribution >= 4 is 15.7 Å². The molecule has 144 valence electrons. The number of likely N-dealkylation sites (N-methyl/N-ethyl adjacent to an activating group) is 1. The molecule has 1 aromatic carbocycles. The highest BCUT2D eigenvalue weighted by atomic mass is 32.2. The smallest absolute Gasteiger partial charge is 0.236 e. The molecule has 2 saturated heterocycles. The number of aryl methyl sites for hydroxylation is 1. The summed E-state index contributed by atoms with van der Waals surface area (Å²) in [5.74, 6) is 1.27. The fraction of sp³-hybridized carbons (Fsp3) is 0.650. The van der Waals surface area contributed by atoms with Crippen molar-refractivity contribution in [3.8, 4) is 0 Å². The van der Waals surface area contributed by atoms with E-state index in [9.17, 15) is 13.2 Å². The van der Waals surface area contributed by atoms with Crippen LogP contribution in [0.2, 0.25) is 0 Å². The maximum absolute atomic E-state index is 12.5. The van der Waals surface area contributed by atoms with E-state index >= 15 is 0 Å². The summed E-state index contributed by atoms with van der Waals surface area (Å²) in [6, 6.07) is 10.6. The van der Waals surface area contributed by atoms with E-state index < -0.39 is 9.84 Å². The van der Waals surface area contributed by atoms with E-state index in [1.54, 1.807) is 0 Å². The average molecular weight is 379 g/mol. The highest BCUT2D eigenvalue weighted by Crippen LogP contribution is 2.23. The van der Waals surface area contributed by atoms with Gasteiger partial charge in [-0.2, -0.15) is 0 Å². The van der Waals surface area contributed by atoms with Crippen LogP contribution in [0.5, 0.6) is 0 Å². The number of carbonyl (C=O) groups is 1. The van der Waals surface area contributed by atoms with Gasteiger partial charge in [0.2, 0.25) is 5.91 Å². The van der Waals surface area contributed by atoms with Crippen molar-refractivity contribution in [3.63, 3.8) is 0 Å². The van der Waals surface area contributed by atoms with Gasteiger partial charge >= 0.3 is 0 Å². The minimum Gasteiger partial charge on any atom is -0.342 e. The van der Waals surface area contributed by atoms with Crippen molar-refractivity contribution in [3.05, 3.63) is 35.9 Å². The fourth-order valence-corrected chi connectivity index (χ4v) is 5.86. The molecule has 3 rings (SSSR count). The van der Waals surface area contributed by atoms with Gasteiger partial charge in [-0.1, -0.05) is 30.3 Å². The Balaban J connectivity index is 1.39. The lowest BCUT2D eigenvalue weighted by atomic mass is 9.90. The van der Waals surface area contributed by atoms with Crippen LogP contribution in [0.1, 0.15) is 31.2 Å². The van der Waals surface area contributed by atoms with Crippen LogP contribution in [0.25, 0.3) is 0 Å². The summed E-state index contributed by atoms with van der Waals surface area (Å²) in [4.78, 5) is 16.4. The Morgan fingerprint density at radius 1 is 1.15 bits per heavy atom. The number of piperidine rings is 1. The lowest BCUT2D eigenvalue weighted by Gasteiger charge is -2.34. The van der Waals surface area contributed by atoms with Crippen LogP contribution in [0.15, 0.2) is 30.3 Å². The van der Waals surface area contributed by atoms with Crippen LogP contribution in [-0.2, 0) is 21.1 Å². The molecule has 0 unspecified atom stereocenters. The van der Waals surface area contributed by atoms with Crippen molar-refractivity contribution in [2.75, 3.05) is 38.2 Å². The van der Waals surface area contributed by atoms with Crippen molar-refractivity contribution in [1.82, 2.24) is 9.80 Å². The minimum atomic E-state index is -2.90. The summed E-state index contributed by atoms with van der Waals surface area (Å²) in [7, 11) is -1.03. The molecule has 5 nitrogen and oxygen atoms in total. The van der Waals surface area contributed by atoms with E-state index in [0.29, 0.717) is 18.9 Å². The Morgan fingerprint density at radius 2 is 1.85 bits per heavy atom. The molecule has 1 amide bonds. The number of rotatable bonds is 6. The van der Waals surface area contributed by atoms with Crippen LogP contribution >= 0.6 is 0 Å². The first-order valence-electron chi connectivity index (χ1n) is 9.65. The quantitative estimate of drug-likeness (QED) is 0.759. The summed E-state index contributed by atoms with van der Waals surface area (Å²) in [5.41, 5.74) is 1.39. The molecule has 2 aliphatic rings. The molecule has 0 aromatic heterocycles. The first-order valence-corrected chi connectivity index (χ1v) is 11.5. The number of sulfone groups is 1. The lowest BCUT2D eigenvalue weighted by Crippen LogP contribution is -2.46. The maximum Gasteiger partial charge on any atom is 0.236 e. The van der Waals surface area contributed by atoms with E-state index in [-0.39, 0.29) is 23.5 Å². The van der Waals surface area contributed by atoms with Gasteiger partial charge in [0.25, 0.3) is 0 Å². The molecule has 0 bridgehead atoms. The molecule has 0 spiro atoms. The van der Waals surface area contributed by atoms with Gasteiger partial charge in [0.05, 0.1) is 18.1 Å². The summed E-state index contributed by atoms with van der Waals surface area (Å²) in [6.07, 6.45) is 5.08. The van der Waals surface area contributed by atoms with Gasteiger partial charge in [-0.05, 0) is 50.6 Å². The SMILES string of the molecule is CN(CC(=O)N1CCC(CCc2ccccc2)CC1)[C@H]1CCS(=O)(=O)C1. The highest BCUT2D eigenvalue weighted by molar-refractivity contribution is 7.91. The van der Waals surface area contributed by atoms with Gasteiger partial charge in [-0.15, -0.1) is 0 Å². The third kappa shape index (κ3) is 5.30. The molecule has 0 aliphatic carbocycles. The number of nitrogens with zero attached hydrogens (tertiary/aromatic N) is 2. The molecule has 0 N–H and O–H groups in total. The Morgan fingerprint density at radius 3 is 2.46 bits per heavy atom. The van der Waals surface area contributed by atoms with Crippen molar-refractivity contribution in [2.24, 2.45) is 5.92 Å². The Labute approximate surface area is 157 Å². The number of hydrogen-bond donors (Lipinski definition) is 0. The van der Waals surface area contributed by atoms with Gasteiger partial charge < -0.3 is 4.90 Å². The molecule has 6 heteroatoms. The van der Waals surface area contributed by atoms with Crippen molar-refractivity contribution in [2.45, 2.75) is 38.1 Å². The van der Waals surface area contributed by atoms with Crippen LogP contribution in [0.4, 0.5) is 0 Å². The van der Waals surface area contributed by atoms with E-state index in [1.165, 1.54) is 12.0 Å². The van der Waals surface area contributed by atoms with E-state index in [1.807, 2.05) is 22.9 Å². The molecule has 0 saturated carbocycles. The number of hydrogen-bond acceptors (Lipinski definition) is 4. The minimum absolute atomic E-state index is 0.00707. The maximum atomic E-state index is 12.5. The first-order chi connectivity index (χ1) is 12.4. The topological polar surface area (TPSA) is 57.7 Å². The zero-order valence-electron chi connectivity index (χ0n) is 15.6. The zero-order valence-corrected chi connectivity index (χ0v) is 16.5. The van der Waals surface area contributed by atoms with E-state index in [4.69, 9.17) is 0 Å². The monoisotopic (exact) mass is 378 g/mol. The normalized spacial score (nSPS) is 23.5. The predicted octanol–water partition coefficient (Wildman–Crippen LogP) is 1.98. The Hall–Kier alpha value is -1.40. The van der Waals surface area contributed by atoms with Crippen molar-refractivity contribution in [1.29, 1.82) is 0 Å². The highest BCUT2D eigenvalue weighted by Gasteiger charge is 2.32. The molecule has 1 aromatic rings. The third-order valence-corrected chi connectivity index (χ3v) is 7.62. The molecule has 2 aliphatic heterocycles. The molecular weight excluding hydrogens is 348 g/mol. The Bertz CT molecular complexity index is 697. The van der Waals surface area contributed by atoms with Gasteiger partial charge in [-0.3, -0.25) is 9.69 Å². The molecule has 26 heavy (non-hydrogen) atoms. The molecule has 2 fully saturated rings. The number of benzene rings is 1. The third-order valence-electron chi connectivity index (χ3n) is 5.87. The molecule has 0 radical (unpaired) electrons. The first kappa shape index (κ1) is 19.4. The lowest BCUT2D eigenvalue weighted by molar-refractivity contribution is -0.133. The Kier molecular flexibility index (Phi) is 6.35. The summed E-state index contributed by atoms with van der Waals surface area (Å²) in [6.45, 7) is 1.99. The second kappa shape index (κ2) is 8.53. The number of amides is 1. The van der Waals surface area contributed by atoms with E-state index in [2.05, 4.69) is 24.3 Å². The van der Waals surface area contributed by atoms with Crippen LogP contribution in [-0.4, -0.2) is 68.4 Å². The number of carbonyl (C=O) groups excluding carboxylic acids is 1. The number of likely N-dealkylation sites (tertiary alicyclic amines) is 1. The largest absolute Gasteiger partial charge is 0.342 e. The molecule has 2 heterocycles. The molecule has 1 atom stereocenters. The summed E-state index contributed by atoms with van der Waals surface area (Å²) < 4.78 is 23.2. The second-order valence-corrected chi connectivity index (χ2v) is 10.0. The van der Waals surface area contributed by atoms with Gasteiger partial charge in [-0.25, -0.2) is 8.42 Å². The summed E-state index contributed by atoms with van der Waals surface area (Å²) in [5, 5.41) is 0. The summed E-state index contributed by atoms with van der Waals surface area (Å²) >= 11 is 0. The van der Waals surface area contributed by atoms with Gasteiger partial charge in [0.1, 0.15) is 0 Å². The van der Waals surface area contributed by atoms with Crippen LogP contribution in [0.3, 0.4) is 0 Å².